The van der Waals surface area contributed by atoms with Crippen LogP contribution in [0.3, 0.4) is 0 Å². The molecule has 2 rings (SSSR count). The second-order valence-corrected chi connectivity index (χ2v) is 7.37. The lowest BCUT2D eigenvalue weighted by molar-refractivity contribution is 0.257. The summed E-state index contributed by atoms with van der Waals surface area (Å²) in [6.45, 7) is 4.31. The number of nitrogens with two attached hydrogens (primary N) is 1. The van der Waals surface area contributed by atoms with Gasteiger partial charge >= 0.3 is 0 Å². The minimum Gasteiger partial charge on any atom is -0.321 e. The lowest BCUT2D eigenvalue weighted by Gasteiger charge is -2.31. The summed E-state index contributed by atoms with van der Waals surface area (Å²) in [6, 6.07) is 3.19. The van der Waals surface area contributed by atoms with Crippen LogP contribution in [0.5, 0.6) is 0 Å². The van der Waals surface area contributed by atoms with Crippen LogP contribution in [0.15, 0.2) is 23.4 Å². The van der Waals surface area contributed by atoms with Gasteiger partial charge in [-0.15, -0.1) is 0 Å². The highest BCUT2D eigenvalue weighted by atomic mass is 32.2. The Morgan fingerprint density at radius 3 is 2.50 bits per heavy atom. The van der Waals surface area contributed by atoms with Gasteiger partial charge in [0, 0.05) is 12.2 Å². The Balaban J connectivity index is 2.19. The van der Waals surface area contributed by atoms with E-state index in [0.29, 0.717) is 17.5 Å². The summed E-state index contributed by atoms with van der Waals surface area (Å²) in [5.74, 6) is 6.40. The van der Waals surface area contributed by atoms with Crippen molar-refractivity contribution in [1.82, 2.24) is 9.71 Å². The summed E-state index contributed by atoms with van der Waals surface area (Å²) in [6.07, 6.45) is 4.32. The number of aromatic nitrogens is 1. The molecule has 0 aromatic carbocycles. The molecule has 1 fully saturated rings. The van der Waals surface area contributed by atoms with Gasteiger partial charge in [0.2, 0.25) is 0 Å². The fourth-order valence-corrected chi connectivity index (χ4v) is 4.39. The first-order valence-electron chi connectivity index (χ1n) is 6.86. The molecule has 2 atom stereocenters. The minimum atomic E-state index is -3.65. The van der Waals surface area contributed by atoms with Crippen molar-refractivity contribution in [3.8, 4) is 0 Å². The van der Waals surface area contributed by atoms with Crippen LogP contribution in [0.2, 0.25) is 0 Å². The van der Waals surface area contributed by atoms with E-state index >= 15 is 0 Å². The van der Waals surface area contributed by atoms with Crippen molar-refractivity contribution >= 4 is 15.7 Å². The van der Waals surface area contributed by atoms with Gasteiger partial charge in [-0.1, -0.05) is 13.8 Å². The number of anilines is 1. The number of nitrogens with one attached hydrogen (secondary N) is 2. The highest BCUT2D eigenvalue weighted by Crippen LogP contribution is 2.29. The third-order valence-electron chi connectivity index (χ3n) is 3.68. The van der Waals surface area contributed by atoms with E-state index in [1.54, 1.807) is 12.1 Å². The summed E-state index contributed by atoms with van der Waals surface area (Å²) in [5, 5.41) is -0.0478. The molecular weight excluding hydrogens is 276 g/mol. The Bertz CT molecular complexity index is 551. The highest BCUT2D eigenvalue weighted by molar-refractivity contribution is 7.89. The molecular formula is C13H22N4O2S. The molecule has 1 saturated carbocycles. The van der Waals surface area contributed by atoms with E-state index in [-0.39, 0.29) is 11.1 Å². The molecule has 1 aromatic heterocycles. The second-order valence-electron chi connectivity index (χ2n) is 5.74. The molecule has 7 heteroatoms. The van der Waals surface area contributed by atoms with Crippen molar-refractivity contribution in [2.45, 2.75) is 44.2 Å². The van der Waals surface area contributed by atoms with E-state index < -0.39 is 10.0 Å². The highest BCUT2D eigenvalue weighted by Gasteiger charge is 2.29. The molecule has 0 radical (unpaired) electrons. The van der Waals surface area contributed by atoms with Crippen molar-refractivity contribution in [1.29, 1.82) is 0 Å². The summed E-state index contributed by atoms with van der Waals surface area (Å²) in [4.78, 5) is 3.93. The number of sulfonamides is 1. The molecule has 6 nitrogen and oxygen atoms in total. The van der Waals surface area contributed by atoms with Gasteiger partial charge in [0.1, 0.15) is 0 Å². The van der Waals surface area contributed by atoms with Gasteiger partial charge in [-0.05, 0) is 43.2 Å². The molecule has 0 amide bonds. The Labute approximate surface area is 120 Å². The van der Waals surface area contributed by atoms with Crippen molar-refractivity contribution in [2.24, 2.45) is 17.7 Å². The van der Waals surface area contributed by atoms with Crippen LogP contribution >= 0.6 is 0 Å². The topological polar surface area (TPSA) is 97.1 Å². The van der Waals surface area contributed by atoms with E-state index in [4.69, 9.17) is 5.84 Å². The third-order valence-corrected chi connectivity index (χ3v) is 5.16. The summed E-state index contributed by atoms with van der Waals surface area (Å²) < 4.78 is 27.6. The zero-order valence-corrected chi connectivity index (χ0v) is 12.7. The van der Waals surface area contributed by atoms with E-state index in [1.165, 1.54) is 6.20 Å². The fourth-order valence-electron chi connectivity index (χ4n) is 3.03. The van der Waals surface area contributed by atoms with Crippen molar-refractivity contribution in [2.75, 3.05) is 5.43 Å². The van der Waals surface area contributed by atoms with Crippen LogP contribution in [0.25, 0.3) is 0 Å². The van der Waals surface area contributed by atoms with Gasteiger partial charge < -0.3 is 5.43 Å². The number of nitrogens with zero attached hydrogens (tertiary/aromatic N) is 1. The predicted molar refractivity (Wildman–Crippen MR) is 78.3 cm³/mol. The van der Waals surface area contributed by atoms with Gasteiger partial charge in [0.05, 0.1) is 5.69 Å². The Hall–Kier alpha value is -1.18. The maximum atomic E-state index is 12.4. The van der Waals surface area contributed by atoms with Crippen LogP contribution < -0.4 is 16.0 Å². The molecule has 4 N–H and O–H groups in total. The van der Waals surface area contributed by atoms with Gasteiger partial charge in [-0.3, -0.25) is 5.84 Å². The molecule has 0 spiro atoms. The zero-order chi connectivity index (χ0) is 14.8. The number of hydrazine groups is 1. The van der Waals surface area contributed by atoms with E-state index in [2.05, 4.69) is 29.0 Å². The number of pyridine rings is 1. The zero-order valence-electron chi connectivity index (χ0n) is 11.8. The van der Waals surface area contributed by atoms with Gasteiger partial charge in [0.25, 0.3) is 10.0 Å². The van der Waals surface area contributed by atoms with Crippen molar-refractivity contribution in [3.05, 3.63) is 18.3 Å². The molecule has 20 heavy (non-hydrogen) atoms. The van der Waals surface area contributed by atoms with Gasteiger partial charge in [-0.25, -0.2) is 18.1 Å². The molecule has 112 valence electrons. The number of hydrogen-bond acceptors (Lipinski definition) is 5. The molecule has 2 unspecified atom stereocenters. The van der Waals surface area contributed by atoms with Gasteiger partial charge in [0.15, 0.2) is 5.03 Å². The first-order chi connectivity index (χ1) is 9.42. The molecule has 1 aliphatic carbocycles. The standard InChI is InChI=1S/C13H22N4O2S/c1-9-6-10(2)8-11(7-9)17-20(18,19)13-12(16-14)4-3-5-15-13/h3-5,9-11,16-17H,6-8,14H2,1-2H3. The van der Waals surface area contributed by atoms with Crippen molar-refractivity contribution in [3.63, 3.8) is 0 Å². The van der Waals surface area contributed by atoms with E-state index in [9.17, 15) is 8.42 Å². The lowest BCUT2D eigenvalue weighted by atomic mass is 9.81. The van der Waals surface area contributed by atoms with Crippen LogP contribution in [-0.2, 0) is 10.0 Å². The molecule has 0 aliphatic heterocycles. The largest absolute Gasteiger partial charge is 0.321 e. The average molecular weight is 298 g/mol. The molecule has 0 bridgehead atoms. The van der Waals surface area contributed by atoms with Crippen molar-refractivity contribution < 1.29 is 8.42 Å². The monoisotopic (exact) mass is 298 g/mol. The van der Waals surface area contributed by atoms with Crippen LogP contribution in [0.4, 0.5) is 5.69 Å². The number of rotatable bonds is 4. The number of hydrogen-bond donors (Lipinski definition) is 3. The van der Waals surface area contributed by atoms with E-state index in [0.717, 1.165) is 19.3 Å². The van der Waals surface area contributed by atoms with Crippen LogP contribution in [0.1, 0.15) is 33.1 Å². The quantitative estimate of drug-likeness (QED) is 0.578. The number of nitrogen functional groups attached to an aromatic ring is 1. The normalized spacial score (nSPS) is 27.2. The second kappa shape index (κ2) is 6.07. The minimum absolute atomic E-state index is 0.0358. The Morgan fingerprint density at radius 2 is 1.90 bits per heavy atom. The molecule has 1 aromatic rings. The molecule has 0 saturated heterocycles. The van der Waals surface area contributed by atoms with Gasteiger partial charge in [-0.2, -0.15) is 0 Å². The SMILES string of the molecule is CC1CC(C)CC(NS(=O)(=O)c2ncccc2NN)C1. The Morgan fingerprint density at radius 1 is 1.25 bits per heavy atom. The third kappa shape index (κ3) is 3.47. The Kier molecular flexibility index (Phi) is 4.62. The fraction of sp³-hybridized carbons (Fsp3) is 0.615. The predicted octanol–water partition coefficient (Wildman–Crippen LogP) is 1.47. The summed E-state index contributed by atoms with van der Waals surface area (Å²) in [7, 11) is -3.65. The molecule has 1 heterocycles. The first-order valence-corrected chi connectivity index (χ1v) is 8.34. The van der Waals surface area contributed by atoms with E-state index in [1.807, 2.05) is 0 Å². The first kappa shape index (κ1) is 15.2. The molecule has 1 aliphatic rings. The lowest BCUT2D eigenvalue weighted by Crippen LogP contribution is -2.40. The summed E-state index contributed by atoms with van der Waals surface area (Å²) in [5.41, 5.74) is 2.68. The van der Waals surface area contributed by atoms with Crippen LogP contribution in [-0.4, -0.2) is 19.4 Å². The maximum absolute atomic E-state index is 12.4. The smallest absolute Gasteiger partial charge is 0.260 e. The van der Waals surface area contributed by atoms with Crippen LogP contribution in [0, 0.1) is 11.8 Å². The average Bonchev–Trinajstić information content (AvgIpc) is 2.36. The maximum Gasteiger partial charge on any atom is 0.260 e. The summed E-state index contributed by atoms with van der Waals surface area (Å²) >= 11 is 0.